The fourth-order valence-corrected chi connectivity index (χ4v) is 2.19. The molecule has 0 aromatic heterocycles. The first-order chi connectivity index (χ1) is 8.41. The van der Waals surface area contributed by atoms with Gasteiger partial charge in [-0.05, 0) is 37.1 Å². The van der Waals surface area contributed by atoms with Crippen molar-refractivity contribution >= 4 is 5.69 Å². The van der Waals surface area contributed by atoms with Crippen molar-refractivity contribution in [1.29, 1.82) is 0 Å². The first-order valence-corrected chi connectivity index (χ1v) is 5.73. The van der Waals surface area contributed by atoms with Crippen LogP contribution in [0.1, 0.15) is 12.0 Å². The van der Waals surface area contributed by atoms with Crippen molar-refractivity contribution in [2.75, 3.05) is 24.5 Å². The summed E-state index contributed by atoms with van der Waals surface area (Å²) in [4.78, 5) is 1.81. The molecule has 100 valence electrons. The summed E-state index contributed by atoms with van der Waals surface area (Å²) < 4.78 is 50.9. The zero-order valence-electron chi connectivity index (χ0n) is 9.67. The molecule has 1 fully saturated rings. The standard InChI is InChI=1S/C12H14F4N2/c13-11-2-1-9(5-10(11)12(14,15)16)18-4-3-8(6-17)7-18/h1-2,5,8H,3-4,6-7,17H2. The predicted octanol–water partition coefficient (Wildman–Crippen LogP) is 2.63. The molecule has 1 aromatic rings. The van der Waals surface area contributed by atoms with E-state index < -0.39 is 17.6 Å². The van der Waals surface area contributed by atoms with E-state index in [2.05, 4.69) is 0 Å². The smallest absolute Gasteiger partial charge is 0.371 e. The molecule has 1 unspecified atom stereocenters. The van der Waals surface area contributed by atoms with Crippen molar-refractivity contribution in [3.8, 4) is 0 Å². The highest BCUT2D eigenvalue weighted by Gasteiger charge is 2.35. The third-order valence-electron chi connectivity index (χ3n) is 3.24. The van der Waals surface area contributed by atoms with Gasteiger partial charge in [0.15, 0.2) is 0 Å². The summed E-state index contributed by atoms with van der Waals surface area (Å²) in [5.41, 5.74) is 4.72. The lowest BCUT2D eigenvalue weighted by atomic mass is 10.1. The van der Waals surface area contributed by atoms with Crippen molar-refractivity contribution in [3.05, 3.63) is 29.6 Å². The van der Waals surface area contributed by atoms with Crippen molar-refractivity contribution in [2.45, 2.75) is 12.6 Å². The summed E-state index contributed by atoms with van der Waals surface area (Å²) in [6.45, 7) is 1.80. The van der Waals surface area contributed by atoms with Gasteiger partial charge in [-0.3, -0.25) is 0 Å². The molecule has 2 N–H and O–H groups in total. The Balaban J connectivity index is 2.25. The van der Waals surface area contributed by atoms with Crippen LogP contribution in [0, 0.1) is 11.7 Å². The third-order valence-corrected chi connectivity index (χ3v) is 3.24. The van der Waals surface area contributed by atoms with Gasteiger partial charge in [0.25, 0.3) is 0 Å². The number of nitrogens with zero attached hydrogens (tertiary/aromatic N) is 1. The van der Waals surface area contributed by atoms with Gasteiger partial charge in [-0.2, -0.15) is 13.2 Å². The first-order valence-electron chi connectivity index (χ1n) is 5.73. The number of alkyl halides is 3. The fourth-order valence-electron chi connectivity index (χ4n) is 2.19. The maximum Gasteiger partial charge on any atom is 0.419 e. The Hall–Kier alpha value is -1.30. The molecule has 0 spiro atoms. The second kappa shape index (κ2) is 4.76. The highest BCUT2D eigenvalue weighted by atomic mass is 19.4. The van der Waals surface area contributed by atoms with Crippen LogP contribution >= 0.6 is 0 Å². The maximum absolute atomic E-state index is 13.1. The molecule has 0 radical (unpaired) electrons. The number of halogens is 4. The molecule has 0 saturated carbocycles. The van der Waals surface area contributed by atoms with Crippen LogP contribution in [0.25, 0.3) is 0 Å². The van der Waals surface area contributed by atoms with Crippen LogP contribution in [0.4, 0.5) is 23.2 Å². The van der Waals surface area contributed by atoms with Crippen LogP contribution in [-0.2, 0) is 6.18 Å². The van der Waals surface area contributed by atoms with Gasteiger partial charge in [-0.1, -0.05) is 0 Å². The molecule has 6 heteroatoms. The fraction of sp³-hybridized carbons (Fsp3) is 0.500. The Morgan fingerprint density at radius 1 is 1.33 bits per heavy atom. The number of nitrogens with two attached hydrogens (primary N) is 1. The summed E-state index contributed by atoms with van der Waals surface area (Å²) in [5.74, 6) is -0.940. The van der Waals surface area contributed by atoms with Gasteiger partial charge in [0.1, 0.15) is 5.82 Å². The molecule has 0 aliphatic carbocycles. The number of rotatable bonds is 2. The Bertz CT molecular complexity index is 431. The minimum atomic E-state index is -4.66. The number of hydrogen-bond acceptors (Lipinski definition) is 2. The van der Waals surface area contributed by atoms with Gasteiger partial charge in [-0.25, -0.2) is 4.39 Å². The number of hydrogen-bond donors (Lipinski definition) is 1. The number of benzene rings is 1. The monoisotopic (exact) mass is 262 g/mol. The van der Waals surface area contributed by atoms with Crippen LogP contribution in [0.15, 0.2) is 18.2 Å². The van der Waals surface area contributed by atoms with E-state index in [4.69, 9.17) is 5.73 Å². The van der Waals surface area contributed by atoms with Crippen molar-refractivity contribution in [2.24, 2.45) is 11.7 Å². The lowest BCUT2D eigenvalue weighted by molar-refractivity contribution is -0.139. The molecule has 0 amide bonds. The normalized spacial score (nSPS) is 20.5. The Morgan fingerprint density at radius 3 is 2.61 bits per heavy atom. The summed E-state index contributed by atoms with van der Waals surface area (Å²) in [7, 11) is 0. The molecule has 18 heavy (non-hydrogen) atoms. The number of anilines is 1. The molecule has 0 bridgehead atoms. The summed E-state index contributed by atoms with van der Waals surface area (Å²) in [6, 6.07) is 3.12. The van der Waals surface area contributed by atoms with Crippen LogP contribution in [0.3, 0.4) is 0 Å². The average Bonchev–Trinajstić information content (AvgIpc) is 2.76. The van der Waals surface area contributed by atoms with Gasteiger partial charge < -0.3 is 10.6 Å². The molecule has 1 aliphatic heterocycles. The molecule has 1 aliphatic rings. The zero-order chi connectivity index (χ0) is 13.3. The van der Waals surface area contributed by atoms with Gasteiger partial charge >= 0.3 is 6.18 Å². The Labute approximate surface area is 102 Å². The molecular weight excluding hydrogens is 248 g/mol. The van der Waals surface area contributed by atoms with Crippen LogP contribution in [-0.4, -0.2) is 19.6 Å². The van der Waals surface area contributed by atoms with Gasteiger partial charge in [-0.15, -0.1) is 0 Å². The lowest BCUT2D eigenvalue weighted by Crippen LogP contribution is -2.23. The Kier molecular flexibility index (Phi) is 3.47. The second-order valence-corrected chi connectivity index (χ2v) is 4.50. The van der Waals surface area contributed by atoms with Crippen molar-refractivity contribution in [3.63, 3.8) is 0 Å². The summed E-state index contributed by atoms with van der Waals surface area (Å²) in [5, 5.41) is 0. The van der Waals surface area contributed by atoms with E-state index in [1.807, 2.05) is 4.90 Å². The summed E-state index contributed by atoms with van der Waals surface area (Å²) >= 11 is 0. The minimum Gasteiger partial charge on any atom is -0.371 e. The minimum absolute atomic E-state index is 0.296. The first kappa shape index (κ1) is 13.1. The third kappa shape index (κ3) is 2.58. The van der Waals surface area contributed by atoms with Crippen LogP contribution in [0.5, 0.6) is 0 Å². The second-order valence-electron chi connectivity index (χ2n) is 4.50. The predicted molar refractivity (Wildman–Crippen MR) is 60.8 cm³/mol. The molecule has 1 aromatic carbocycles. The lowest BCUT2D eigenvalue weighted by Gasteiger charge is -2.20. The molecule has 1 atom stereocenters. The maximum atomic E-state index is 13.1. The van der Waals surface area contributed by atoms with E-state index in [9.17, 15) is 17.6 Å². The SMILES string of the molecule is NCC1CCN(c2ccc(F)c(C(F)(F)F)c2)C1. The van der Waals surface area contributed by atoms with E-state index in [1.165, 1.54) is 6.07 Å². The van der Waals surface area contributed by atoms with E-state index in [-0.39, 0.29) is 0 Å². The molecule has 2 rings (SSSR count). The van der Waals surface area contributed by atoms with Crippen molar-refractivity contribution < 1.29 is 17.6 Å². The van der Waals surface area contributed by atoms with Crippen LogP contribution < -0.4 is 10.6 Å². The van der Waals surface area contributed by atoms with Gasteiger partial charge in [0.05, 0.1) is 5.56 Å². The molecular formula is C12H14F4N2. The highest BCUT2D eigenvalue weighted by molar-refractivity contribution is 5.50. The zero-order valence-corrected chi connectivity index (χ0v) is 9.67. The average molecular weight is 262 g/mol. The quantitative estimate of drug-likeness (QED) is 0.830. The summed E-state index contributed by atoms with van der Waals surface area (Å²) in [6.07, 6.45) is -3.80. The van der Waals surface area contributed by atoms with E-state index in [1.54, 1.807) is 0 Å². The topological polar surface area (TPSA) is 29.3 Å². The van der Waals surface area contributed by atoms with E-state index >= 15 is 0 Å². The molecule has 2 nitrogen and oxygen atoms in total. The Morgan fingerprint density at radius 2 is 2.06 bits per heavy atom. The highest BCUT2D eigenvalue weighted by Crippen LogP contribution is 2.34. The molecule has 1 saturated heterocycles. The van der Waals surface area contributed by atoms with Crippen LogP contribution in [0.2, 0.25) is 0 Å². The van der Waals surface area contributed by atoms with Crippen molar-refractivity contribution in [1.82, 2.24) is 0 Å². The van der Waals surface area contributed by atoms with Gasteiger partial charge in [0.2, 0.25) is 0 Å². The van der Waals surface area contributed by atoms with E-state index in [0.29, 0.717) is 31.2 Å². The molecule has 1 heterocycles. The van der Waals surface area contributed by atoms with E-state index in [0.717, 1.165) is 18.6 Å². The largest absolute Gasteiger partial charge is 0.419 e. The van der Waals surface area contributed by atoms with Gasteiger partial charge in [0, 0.05) is 18.8 Å².